The van der Waals surface area contributed by atoms with Crippen LogP contribution in [0.25, 0.3) is 21.7 Å². The van der Waals surface area contributed by atoms with Gasteiger partial charge in [-0.1, -0.05) is 23.7 Å². The van der Waals surface area contributed by atoms with Crippen LogP contribution in [-0.2, 0) is 11.4 Å². The summed E-state index contributed by atoms with van der Waals surface area (Å²) in [7, 11) is 0. The number of carboxylic acids is 1. The van der Waals surface area contributed by atoms with Gasteiger partial charge in [0, 0.05) is 10.6 Å². The molecule has 0 aliphatic carbocycles. The summed E-state index contributed by atoms with van der Waals surface area (Å²) in [4.78, 5) is 16.2. The molecule has 0 bridgehead atoms. The van der Waals surface area contributed by atoms with Gasteiger partial charge in [0.05, 0.1) is 10.6 Å². The van der Waals surface area contributed by atoms with Crippen molar-refractivity contribution in [3.05, 3.63) is 82.3 Å². The highest BCUT2D eigenvalue weighted by molar-refractivity contribution is 7.15. The molecule has 0 unspecified atom stereocenters. The van der Waals surface area contributed by atoms with Crippen molar-refractivity contribution in [1.29, 1.82) is 0 Å². The van der Waals surface area contributed by atoms with Gasteiger partial charge >= 0.3 is 12.3 Å². The van der Waals surface area contributed by atoms with Gasteiger partial charge in [-0.3, -0.25) is 0 Å². The normalized spacial score (nSPS) is 11.3. The largest absolute Gasteiger partial charge is 0.573 e. The number of aromatic nitrogens is 1. The van der Waals surface area contributed by atoms with Crippen LogP contribution in [0, 0.1) is 6.92 Å². The fourth-order valence-electron chi connectivity index (χ4n) is 3.39. The average molecular weight is 550 g/mol. The summed E-state index contributed by atoms with van der Waals surface area (Å²) in [5.41, 5.74) is 2.74. The highest BCUT2D eigenvalue weighted by atomic mass is 35.5. The maximum Gasteiger partial charge on any atom is 0.573 e. The van der Waals surface area contributed by atoms with Crippen molar-refractivity contribution in [2.45, 2.75) is 19.9 Å². The molecule has 0 aliphatic heterocycles. The molecule has 1 heterocycles. The van der Waals surface area contributed by atoms with Gasteiger partial charge in [-0.15, -0.1) is 24.5 Å². The summed E-state index contributed by atoms with van der Waals surface area (Å²) in [6.45, 7) is 1.46. The van der Waals surface area contributed by atoms with Crippen LogP contribution in [0.5, 0.6) is 17.2 Å². The molecule has 0 fully saturated rings. The molecule has 4 aromatic rings. The third-order valence-corrected chi connectivity index (χ3v) is 6.33. The summed E-state index contributed by atoms with van der Waals surface area (Å²) >= 11 is 7.42. The predicted octanol–water partition coefficient (Wildman–Crippen LogP) is 7.38. The first-order valence-corrected chi connectivity index (χ1v) is 12.0. The quantitative estimate of drug-likeness (QED) is 0.235. The van der Waals surface area contributed by atoms with Crippen LogP contribution in [0.15, 0.2) is 66.7 Å². The average Bonchev–Trinajstić information content (AvgIpc) is 3.26. The van der Waals surface area contributed by atoms with Crippen LogP contribution in [0.2, 0.25) is 5.02 Å². The van der Waals surface area contributed by atoms with Crippen LogP contribution in [-0.4, -0.2) is 29.0 Å². The lowest BCUT2D eigenvalue weighted by molar-refractivity contribution is -0.274. The number of thiazole rings is 1. The van der Waals surface area contributed by atoms with Crippen molar-refractivity contribution in [3.63, 3.8) is 0 Å². The van der Waals surface area contributed by atoms with E-state index < -0.39 is 18.9 Å². The Morgan fingerprint density at radius 2 is 1.62 bits per heavy atom. The molecule has 0 saturated carbocycles. The minimum atomic E-state index is -4.78. The molecule has 3 aromatic carbocycles. The Hall–Kier alpha value is -3.76. The summed E-state index contributed by atoms with van der Waals surface area (Å²) in [5, 5.41) is 9.98. The third kappa shape index (κ3) is 7.14. The summed E-state index contributed by atoms with van der Waals surface area (Å²) in [6.07, 6.45) is -4.78. The SMILES string of the molecule is Cc1cc(OCc2nc(-c3ccc(OC(F)(F)F)cc3)c(-c3ccc(Cl)cc3)s2)ccc1OCC(=O)O. The first-order chi connectivity index (χ1) is 17.6. The fourth-order valence-corrected chi connectivity index (χ4v) is 4.52. The number of halogens is 4. The number of aliphatic carboxylic acids is 1. The number of nitrogens with zero attached hydrogens (tertiary/aromatic N) is 1. The Balaban J connectivity index is 1.58. The maximum atomic E-state index is 12.5. The van der Waals surface area contributed by atoms with E-state index >= 15 is 0 Å². The molecule has 11 heteroatoms. The van der Waals surface area contributed by atoms with Gasteiger partial charge in [-0.2, -0.15) is 0 Å². The number of benzene rings is 3. The Labute approximate surface area is 218 Å². The van der Waals surface area contributed by atoms with E-state index in [4.69, 9.17) is 31.2 Å². The molecule has 0 radical (unpaired) electrons. The van der Waals surface area contributed by atoms with Crippen molar-refractivity contribution in [2.24, 2.45) is 0 Å². The molecule has 0 atom stereocenters. The smallest absolute Gasteiger partial charge is 0.486 e. The van der Waals surface area contributed by atoms with E-state index in [9.17, 15) is 18.0 Å². The zero-order valence-corrected chi connectivity index (χ0v) is 20.8. The molecule has 192 valence electrons. The van der Waals surface area contributed by atoms with Gasteiger partial charge in [0.25, 0.3) is 0 Å². The van der Waals surface area contributed by atoms with E-state index in [2.05, 4.69) is 4.74 Å². The Kier molecular flexibility index (Phi) is 7.89. The minimum Gasteiger partial charge on any atom is -0.486 e. The monoisotopic (exact) mass is 549 g/mol. The number of rotatable bonds is 9. The van der Waals surface area contributed by atoms with Crippen molar-refractivity contribution in [3.8, 4) is 38.9 Å². The molecule has 4 rings (SSSR count). The fraction of sp³-hybridized carbons (Fsp3) is 0.154. The molecule has 0 amide bonds. The molecule has 0 aliphatic rings. The number of alkyl halides is 3. The van der Waals surface area contributed by atoms with Crippen LogP contribution in [0.3, 0.4) is 0 Å². The highest BCUT2D eigenvalue weighted by Gasteiger charge is 2.31. The number of hydrogen-bond donors (Lipinski definition) is 1. The lowest BCUT2D eigenvalue weighted by Crippen LogP contribution is -2.16. The van der Waals surface area contributed by atoms with Gasteiger partial charge in [-0.25, -0.2) is 9.78 Å². The zero-order valence-electron chi connectivity index (χ0n) is 19.2. The molecule has 1 aromatic heterocycles. The van der Waals surface area contributed by atoms with E-state index in [1.165, 1.54) is 35.6 Å². The first-order valence-electron chi connectivity index (χ1n) is 10.8. The van der Waals surface area contributed by atoms with Crippen LogP contribution in [0.4, 0.5) is 13.2 Å². The van der Waals surface area contributed by atoms with Gasteiger partial charge < -0.3 is 19.3 Å². The summed E-state index contributed by atoms with van der Waals surface area (Å²) < 4.78 is 52.7. The van der Waals surface area contributed by atoms with Crippen molar-refractivity contribution >= 4 is 28.9 Å². The van der Waals surface area contributed by atoms with Crippen LogP contribution >= 0.6 is 22.9 Å². The van der Waals surface area contributed by atoms with Crippen LogP contribution in [0.1, 0.15) is 10.6 Å². The Morgan fingerprint density at radius 1 is 0.973 bits per heavy atom. The number of aryl methyl sites for hydroxylation is 1. The first kappa shape index (κ1) is 26.3. The van der Waals surface area contributed by atoms with E-state index in [1.54, 1.807) is 37.3 Å². The molecular weight excluding hydrogens is 531 g/mol. The van der Waals surface area contributed by atoms with Gasteiger partial charge in [-0.05, 0) is 72.6 Å². The third-order valence-electron chi connectivity index (χ3n) is 5.00. The molecule has 37 heavy (non-hydrogen) atoms. The second kappa shape index (κ2) is 11.1. The number of hydrogen-bond acceptors (Lipinski definition) is 6. The van der Waals surface area contributed by atoms with E-state index in [1.807, 2.05) is 12.1 Å². The van der Waals surface area contributed by atoms with Gasteiger partial charge in [0.2, 0.25) is 0 Å². The van der Waals surface area contributed by atoms with E-state index in [0.717, 1.165) is 10.4 Å². The highest BCUT2D eigenvalue weighted by Crippen LogP contribution is 2.38. The lowest BCUT2D eigenvalue weighted by Gasteiger charge is -2.10. The van der Waals surface area contributed by atoms with Gasteiger partial charge in [0.1, 0.15) is 28.9 Å². The summed E-state index contributed by atoms with van der Waals surface area (Å²) in [5.74, 6) is -0.416. The maximum absolute atomic E-state index is 12.5. The molecular formula is C26H19ClF3NO5S. The number of carboxylic acid groups (broad SMARTS) is 1. The van der Waals surface area contributed by atoms with Crippen molar-refractivity contribution < 1.29 is 37.3 Å². The molecule has 6 nitrogen and oxygen atoms in total. The molecule has 1 N–H and O–H groups in total. The Morgan fingerprint density at radius 3 is 2.24 bits per heavy atom. The number of ether oxygens (including phenoxy) is 3. The number of carbonyl (C=O) groups is 1. The topological polar surface area (TPSA) is 77.9 Å². The van der Waals surface area contributed by atoms with E-state index in [-0.39, 0.29) is 12.4 Å². The van der Waals surface area contributed by atoms with Crippen LogP contribution < -0.4 is 14.2 Å². The molecule has 0 spiro atoms. The predicted molar refractivity (Wildman–Crippen MR) is 133 cm³/mol. The lowest BCUT2D eigenvalue weighted by atomic mass is 10.1. The van der Waals surface area contributed by atoms with Gasteiger partial charge in [0.15, 0.2) is 6.61 Å². The summed E-state index contributed by atoms with van der Waals surface area (Å²) in [6, 6.07) is 17.7. The second-order valence-electron chi connectivity index (χ2n) is 7.76. The Bertz CT molecular complexity index is 1390. The standard InChI is InChI=1S/C26H19ClF3NO5S/c1-15-12-20(10-11-21(15)35-14-23(32)33)34-13-22-31-24(25(37-22)17-2-6-18(27)7-3-17)16-4-8-19(9-5-16)36-26(28,29)30/h2-12H,13-14H2,1H3,(H,32,33). The molecule has 0 saturated heterocycles. The minimum absolute atomic E-state index is 0.134. The second-order valence-corrected chi connectivity index (χ2v) is 9.28. The zero-order chi connectivity index (χ0) is 26.6. The van der Waals surface area contributed by atoms with Crippen molar-refractivity contribution in [1.82, 2.24) is 4.98 Å². The van der Waals surface area contributed by atoms with Crippen molar-refractivity contribution in [2.75, 3.05) is 6.61 Å². The van der Waals surface area contributed by atoms with E-state index in [0.29, 0.717) is 38.4 Å².